The fourth-order valence-corrected chi connectivity index (χ4v) is 7.81. The summed E-state index contributed by atoms with van der Waals surface area (Å²) in [6.45, 7) is 6.10. The Kier molecular flexibility index (Phi) is 8.06. The van der Waals surface area contributed by atoms with Crippen LogP contribution >= 0.6 is 0 Å². The number of hydrogen-bond donors (Lipinski definition) is 3. The van der Waals surface area contributed by atoms with E-state index in [1.807, 2.05) is 31.2 Å². The van der Waals surface area contributed by atoms with Crippen molar-refractivity contribution >= 4 is 22.1 Å². The van der Waals surface area contributed by atoms with Crippen LogP contribution in [0.3, 0.4) is 0 Å². The number of H-pyrrole nitrogens is 1. The van der Waals surface area contributed by atoms with Crippen molar-refractivity contribution in [2.24, 2.45) is 11.8 Å². The Balaban J connectivity index is 1.25. The fourth-order valence-electron chi connectivity index (χ4n) is 7.33. The van der Waals surface area contributed by atoms with Crippen molar-refractivity contribution < 1.29 is 40.5 Å². The number of imidazole rings is 1. The Morgan fingerprint density at radius 1 is 1.04 bits per heavy atom. The van der Waals surface area contributed by atoms with Crippen LogP contribution < -0.4 is 9.50 Å². The molecule has 246 valence electrons. The number of carboxylic acid groups (broad SMARTS) is 1. The maximum atomic E-state index is 13.4. The highest BCUT2D eigenvalue weighted by Gasteiger charge is 2.50. The summed E-state index contributed by atoms with van der Waals surface area (Å²) in [5, 5.41) is 11.6. The summed E-state index contributed by atoms with van der Waals surface area (Å²) in [4.78, 5) is 34.4. The molecule has 2 fully saturated rings. The molecule has 1 saturated carbocycles. The SMILES string of the molecule is CC(C)C(NC(=O)O)C(=O)N1C[C@@H](C)C[C@H]1c1ncc(-c2ccc(-c3ccc(OS(=O)(=O)C(F)(F)F)c4c3C3CCC4C3)cc2)[nH]1. The van der Waals surface area contributed by atoms with Gasteiger partial charge in [0.25, 0.3) is 0 Å². The van der Waals surface area contributed by atoms with Crippen LogP contribution in [0.2, 0.25) is 0 Å². The number of hydrogen-bond acceptors (Lipinski definition) is 6. The van der Waals surface area contributed by atoms with Gasteiger partial charge in [0.1, 0.15) is 17.6 Å². The first kappa shape index (κ1) is 31.9. The summed E-state index contributed by atoms with van der Waals surface area (Å²) in [7, 11) is -5.79. The summed E-state index contributed by atoms with van der Waals surface area (Å²) >= 11 is 0. The Bertz CT molecular complexity index is 1770. The zero-order valence-electron chi connectivity index (χ0n) is 25.5. The van der Waals surface area contributed by atoms with Gasteiger partial charge in [0.15, 0.2) is 0 Å². The summed E-state index contributed by atoms with van der Waals surface area (Å²) in [6.07, 6.45) is 3.49. The third-order valence-electron chi connectivity index (χ3n) is 9.40. The Morgan fingerprint density at radius 2 is 1.70 bits per heavy atom. The van der Waals surface area contributed by atoms with Crippen LogP contribution in [-0.4, -0.2) is 58.5 Å². The molecule has 0 radical (unpaired) electrons. The number of fused-ring (bicyclic) bond motifs is 5. The van der Waals surface area contributed by atoms with Crippen molar-refractivity contribution in [3.05, 3.63) is 59.5 Å². The molecule has 2 aromatic carbocycles. The molecule has 2 aliphatic carbocycles. The third kappa shape index (κ3) is 5.71. The van der Waals surface area contributed by atoms with E-state index in [0.717, 1.165) is 47.2 Å². The van der Waals surface area contributed by atoms with Crippen molar-refractivity contribution in [3.8, 4) is 28.1 Å². The lowest BCUT2D eigenvalue weighted by Crippen LogP contribution is -2.50. The molecule has 3 N–H and O–H groups in total. The minimum Gasteiger partial charge on any atom is -0.465 e. The largest absolute Gasteiger partial charge is 0.534 e. The summed E-state index contributed by atoms with van der Waals surface area (Å²) in [5.41, 5.74) is -0.899. The summed E-state index contributed by atoms with van der Waals surface area (Å²) in [6, 6.07) is 9.34. The van der Waals surface area contributed by atoms with E-state index in [1.54, 1.807) is 31.0 Å². The molecule has 14 heteroatoms. The van der Waals surface area contributed by atoms with Crippen molar-refractivity contribution in [1.82, 2.24) is 20.2 Å². The average Bonchev–Trinajstić information content (AvgIpc) is 3.79. The van der Waals surface area contributed by atoms with Gasteiger partial charge < -0.3 is 24.5 Å². The van der Waals surface area contributed by atoms with Crippen LogP contribution in [0.25, 0.3) is 22.4 Å². The van der Waals surface area contributed by atoms with Crippen molar-refractivity contribution in [2.75, 3.05) is 6.54 Å². The second kappa shape index (κ2) is 11.6. The highest BCUT2D eigenvalue weighted by Crippen LogP contribution is 2.58. The maximum Gasteiger partial charge on any atom is 0.534 e. The molecule has 6 rings (SSSR count). The van der Waals surface area contributed by atoms with Gasteiger partial charge in [-0.2, -0.15) is 21.6 Å². The van der Waals surface area contributed by atoms with Crippen molar-refractivity contribution in [1.29, 1.82) is 0 Å². The lowest BCUT2D eigenvalue weighted by Gasteiger charge is -2.29. The number of aromatic nitrogens is 2. The highest BCUT2D eigenvalue weighted by molar-refractivity contribution is 7.88. The molecule has 0 spiro atoms. The number of aromatic amines is 1. The predicted octanol–water partition coefficient (Wildman–Crippen LogP) is 6.54. The number of amides is 2. The number of benzene rings is 2. The first-order valence-corrected chi connectivity index (χ1v) is 16.7. The van der Waals surface area contributed by atoms with Gasteiger partial charge in [0.05, 0.1) is 17.9 Å². The average molecular weight is 661 g/mol. The number of nitrogens with zero attached hydrogens (tertiary/aromatic N) is 2. The Hall–Kier alpha value is -4.07. The van der Waals surface area contributed by atoms with Gasteiger partial charge in [-0.25, -0.2) is 9.78 Å². The van der Waals surface area contributed by atoms with Crippen molar-refractivity contribution in [3.63, 3.8) is 0 Å². The van der Waals surface area contributed by atoms with Crippen LogP contribution in [0, 0.1) is 11.8 Å². The summed E-state index contributed by atoms with van der Waals surface area (Å²) < 4.78 is 67.5. The van der Waals surface area contributed by atoms with E-state index in [1.165, 1.54) is 6.07 Å². The molecule has 1 aromatic heterocycles. The van der Waals surface area contributed by atoms with E-state index in [2.05, 4.69) is 19.5 Å². The van der Waals surface area contributed by atoms with Crippen molar-refractivity contribution in [2.45, 2.75) is 75.9 Å². The molecule has 3 unspecified atom stereocenters. The number of carbonyl (C=O) groups is 2. The molecular formula is C32H35F3N4O6S. The first-order chi connectivity index (χ1) is 21.6. The van der Waals surface area contributed by atoms with Gasteiger partial charge in [0, 0.05) is 12.1 Å². The Morgan fingerprint density at radius 3 is 2.33 bits per heavy atom. The van der Waals surface area contributed by atoms with E-state index in [4.69, 9.17) is 0 Å². The van der Waals surface area contributed by atoms with Crippen LogP contribution in [0.4, 0.5) is 18.0 Å². The second-order valence-corrected chi connectivity index (χ2v) is 14.4. The Labute approximate surface area is 264 Å². The number of carbonyl (C=O) groups excluding carboxylic acids is 1. The maximum absolute atomic E-state index is 13.4. The molecule has 5 atom stereocenters. The number of nitrogens with one attached hydrogen (secondary N) is 2. The molecule has 2 amide bonds. The molecule has 10 nitrogen and oxygen atoms in total. The smallest absolute Gasteiger partial charge is 0.465 e. The minimum absolute atomic E-state index is 0.0541. The molecule has 46 heavy (non-hydrogen) atoms. The van der Waals surface area contributed by atoms with Gasteiger partial charge in [-0.3, -0.25) is 4.79 Å². The zero-order valence-corrected chi connectivity index (χ0v) is 26.3. The van der Waals surface area contributed by atoms with Crippen LogP contribution in [0.5, 0.6) is 5.75 Å². The molecule has 1 saturated heterocycles. The normalized spacial score (nSPS) is 23.1. The zero-order chi connectivity index (χ0) is 33.1. The molecule has 3 aliphatic rings. The molecule has 2 heterocycles. The lowest BCUT2D eigenvalue weighted by molar-refractivity contribution is -0.135. The standard InChI is InChI=1S/C32H35F3N4O6S/c1-16(2)28(38-31(41)42)30(40)39-15-17(3)12-24(39)29-36-14-23(37-29)19-6-4-18(5-7-19)22-10-11-25(45-46(43,44)32(33,34)35)27-21-9-8-20(13-21)26(22)27/h4-7,10-11,14,16-17,20-21,24,28,38H,8-9,12-13,15H2,1-3H3,(H,36,37)(H,41,42)/t17-,20?,21?,24-,28?/m0/s1. The number of rotatable bonds is 8. The minimum atomic E-state index is -5.79. The third-order valence-corrected chi connectivity index (χ3v) is 10.4. The quantitative estimate of drug-likeness (QED) is 0.184. The molecule has 3 aromatic rings. The van der Waals surface area contributed by atoms with Gasteiger partial charge >= 0.3 is 21.7 Å². The van der Waals surface area contributed by atoms with Gasteiger partial charge in [0.2, 0.25) is 5.91 Å². The van der Waals surface area contributed by atoms with E-state index in [-0.39, 0.29) is 41.4 Å². The van der Waals surface area contributed by atoms with E-state index in [9.17, 15) is 36.3 Å². The molecule has 1 aliphatic heterocycles. The monoisotopic (exact) mass is 660 g/mol. The topological polar surface area (TPSA) is 142 Å². The highest BCUT2D eigenvalue weighted by atomic mass is 32.2. The number of alkyl halides is 3. The first-order valence-electron chi connectivity index (χ1n) is 15.3. The number of halogens is 3. The predicted molar refractivity (Wildman–Crippen MR) is 162 cm³/mol. The van der Waals surface area contributed by atoms with Gasteiger partial charge in [-0.1, -0.05) is 51.1 Å². The lowest BCUT2D eigenvalue weighted by atomic mass is 9.85. The fraction of sp³-hybridized carbons (Fsp3) is 0.469. The van der Waals surface area contributed by atoms with Crippen LogP contribution in [0.1, 0.15) is 81.3 Å². The number of likely N-dealkylation sites (tertiary alicyclic amines) is 1. The summed E-state index contributed by atoms with van der Waals surface area (Å²) in [5.74, 6) is 0.0808. The van der Waals surface area contributed by atoms with Crippen LogP contribution in [0.15, 0.2) is 42.6 Å². The molecular weight excluding hydrogens is 625 g/mol. The van der Waals surface area contributed by atoms with Gasteiger partial charge in [-0.05, 0) is 77.7 Å². The van der Waals surface area contributed by atoms with Gasteiger partial charge in [-0.15, -0.1) is 0 Å². The van der Waals surface area contributed by atoms with E-state index in [0.29, 0.717) is 24.4 Å². The second-order valence-electron chi connectivity index (χ2n) is 12.9. The molecule has 2 bridgehead atoms. The van der Waals surface area contributed by atoms with E-state index < -0.39 is 27.8 Å². The van der Waals surface area contributed by atoms with E-state index >= 15 is 0 Å². The van der Waals surface area contributed by atoms with Crippen LogP contribution in [-0.2, 0) is 14.9 Å².